The molecule has 0 fully saturated rings. The van der Waals surface area contributed by atoms with E-state index in [1.165, 1.54) is 12.1 Å². The molecule has 14 heteroatoms. The number of halogens is 3. The van der Waals surface area contributed by atoms with Gasteiger partial charge in [0.15, 0.2) is 0 Å². The van der Waals surface area contributed by atoms with Crippen LogP contribution in [0.1, 0.15) is 5.82 Å². The number of hydrogen-bond acceptors (Lipinski definition) is 9. The second kappa shape index (κ2) is 7.53. The van der Waals surface area contributed by atoms with E-state index in [4.69, 9.17) is 11.6 Å². The van der Waals surface area contributed by atoms with Crippen LogP contribution in [0.2, 0.25) is 5.28 Å². The smallest absolute Gasteiger partial charge is 0.313 e. The summed E-state index contributed by atoms with van der Waals surface area (Å²) < 4.78 is 59.0. The first-order valence-electron chi connectivity index (χ1n) is 7.34. The number of benzene rings is 1. The molecule has 0 spiro atoms. The van der Waals surface area contributed by atoms with Crippen molar-refractivity contribution in [3.05, 3.63) is 47.4 Å². The van der Waals surface area contributed by atoms with Crippen LogP contribution in [0, 0.1) is 18.9 Å². The van der Waals surface area contributed by atoms with Gasteiger partial charge in [0, 0.05) is 11.8 Å². The molecule has 146 valence electrons. The highest BCUT2D eigenvalue weighted by molar-refractivity contribution is 7.86. The Kier molecular flexibility index (Phi) is 5.31. The first-order valence-corrected chi connectivity index (χ1v) is 9.16. The van der Waals surface area contributed by atoms with Crippen LogP contribution >= 0.6 is 11.6 Å². The third kappa shape index (κ3) is 4.82. The van der Waals surface area contributed by atoms with Gasteiger partial charge in [-0.15, -0.1) is 0 Å². The number of anilines is 4. The van der Waals surface area contributed by atoms with Gasteiger partial charge in [-0.3, -0.25) is 4.55 Å². The number of nitrogens with one attached hydrogen (secondary N) is 2. The van der Waals surface area contributed by atoms with Crippen LogP contribution in [0.4, 0.5) is 31.9 Å². The second-order valence-electron chi connectivity index (χ2n) is 5.26. The highest BCUT2D eigenvalue weighted by Crippen LogP contribution is 2.28. The van der Waals surface area contributed by atoms with Gasteiger partial charge in [-0.1, -0.05) is 0 Å². The Morgan fingerprint density at radius 2 is 1.79 bits per heavy atom. The molecule has 0 aliphatic heterocycles. The van der Waals surface area contributed by atoms with Crippen LogP contribution in [0.25, 0.3) is 0 Å². The van der Waals surface area contributed by atoms with Gasteiger partial charge in [-0.2, -0.15) is 37.1 Å². The number of aryl methyl sites for hydroxylation is 1. The Morgan fingerprint density at radius 3 is 2.43 bits per heavy atom. The molecule has 0 aliphatic rings. The lowest BCUT2D eigenvalue weighted by Crippen LogP contribution is -2.07. The summed E-state index contributed by atoms with van der Waals surface area (Å²) in [6.45, 7) is 1.54. The molecule has 0 amide bonds. The molecule has 0 unspecified atom stereocenters. The van der Waals surface area contributed by atoms with E-state index in [2.05, 4.69) is 35.6 Å². The van der Waals surface area contributed by atoms with Gasteiger partial charge in [0.1, 0.15) is 16.5 Å². The van der Waals surface area contributed by atoms with E-state index in [0.29, 0.717) is 0 Å². The zero-order valence-electron chi connectivity index (χ0n) is 13.9. The Labute approximate surface area is 161 Å². The van der Waals surface area contributed by atoms with Gasteiger partial charge < -0.3 is 10.6 Å². The highest BCUT2D eigenvalue weighted by Gasteiger charge is 2.18. The molecular weight excluding hydrogens is 420 g/mol. The van der Waals surface area contributed by atoms with Crippen LogP contribution in [0.15, 0.2) is 29.2 Å². The van der Waals surface area contributed by atoms with E-state index in [1.807, 2.05) is 0 Å². The van der Waals surface area contributed by atoms with Crippen LogP contribution in [-0.4, -0.2) is 37.9 Å². The van der Waals surface area contributed by atoms with Crippen molar-refractivity contribution in [1.82, 2.24) is 24.9 Å². The number of nitrogens with zero attached hydrogens (tertiary/aromatic N) is 5. The molecule has 0 saturated heterocycles. The maximum atomic E-state index is 13.2. The van der Waals surface area contributed by atoms with Crippen molar-refractivity contribution in [3.63, 3.8) is 0 Å². The lowest BCUT2D eigenvalue weighted by atomic mass is 10.2. The van der Waals surface area contributed by atoms with Crippen molar-refractivity contribution >= 4 is 44.9 Å². The number of hydrogen-bond donors (Lipinski definition) is 3. The van der Waals surface area contributed by atoms with E-state index < -0.39 is 27.0 Å². The molecule has 0 aliphatic carbocycles. The predicted octanol–water partition coefficient (Wildman–Crippen LogP) is 2.64. The monoisotopic (exact) mass is 429 g/mol. The standard InChI is InChI=1S/C14H10ClF2N7O3S/c1-6-18-12(15)24-14(19-6)21-8-4-7(2-3-9(8)28(25,26)27)20-11-5-10(16)22-13(17)23-11/h2-5H,1H3,(H,20,22,23)(H,25,26,27)(H,18,19,21,24). The van der Waals surface area contributed by atoms with Crippen molar-refractivity contribution in [3.8, 4) is 0 Å². The summed E-state index contributed by atoms with van der Waals surface area (Å²) in [4.78, 5) is 17.3. The van der Waals surface area contributed by atoms with Gasteiger partial charge in [-0.25, -0.2) is 4.98 Å². The summed E-state index contributed by atoms with van der Waals surface area (Å²) in [6, 6.07) is 4.37. The van der Waals surface area contributed by atoms with E-state index in [-0.39, 0.29) is 34.2 Å². The van der Waals surface area contributed by atoms with Crippen LogP contribution in [-0.2, 0) is 10.1 Å². The zero-order valence-corrected chi connectivity index (χ0v) is 15.4. The fraction of sp³-hybridized carbons (Fsp3) is 0.0714. The maximum Gasteiger partial charge on any atom is 0.313 e. The summed E-state index contributed by atoms with van der Waals surface area (Å²) in [5.74, 6) is -1.14. The molecule has 0 saturated carbocycles. The highest BCUT2D eigenvalue weighted by atomic mass is 35.5. The molecule has 0 bridgehead atoms. The van der Waals surface area contributed by atoms with E-state index in [0.717, 1.165) is 12.1 Å². The Balaban J connectivity index is 2.01. The summed E-state index contributed by atoms with van der Waals surface area (Å²) in [5.41, 5.74) is 0.0495. The fourth-order valence-electron chi connectivity index (χ4n) is 2.16. The van der Waals surface area contributed by atoms with E-state index in [9.17, 15) is 21.8 Å². The number of aromatic nitrogens is 5. The van der Waals surface area contributed by atoms with Crippen molar-refractivity contribution in [2.45, 2.75) is 11.8 Å². The molecule has 2 heterocycles. The minimum Gasteiger partial charge on any atom is -0.340 e. The van der Waals surface area contributed by atoms with E-state index in [1.54, 1.807) is 6.92 Å². The van der Waals surface area contributed by atoms with Crippen LogP contribution in [0.5, 0.6) is 0 Å². The first-order chi connectivity index (χ1) is 13.1. The van der Waals surface area contributed by atoms with Gasteiger partial charge >= 0.3 is 6.08 Å². The summed E-state index contributed by atoms with van der Waals surface area (Å²) in [7, 11) is -4.62. The Hall–Kier alpha value is -3.03. The Morgan fingerprint density at radius 1 is 1.04 bits per heavy atom. The fourth-order valence-corrected chi connectivity index (χ4v) is 2.99. The average molecular weight is 430 g/mol. The lowest BCUT2D eigenvalue weighted by molar-refractivity contribution is 0.483. The molecule has 3 N–H and O–H groups in total. The topological polar surface area (TPSA) is 143 Å². The van der Waals surface area contributed by atoms with Gasteiger partial charge in [0.05, 0.1) is 5.69 Å². The minimum atomic E-state index is -4.62. The largest absolute Gasteiger partial charge is 0.340 e. The molecular formula is C14H10ClF2N7O3S. The van der Waals surface area contributed by atoms with Crippen molar-refractivity contribution < 1.29 is 21.8 Å². The van der Waals surface area contributed by atoms with Gasteiger partial charge in [0.2, 0.25) is 17.2 Å². The molecule has 28 heavy (non-hydrogen) atoms. The molecule has 0 atom stereocenters. The quantitative estimate of drug-likeness (QED) is 0.314. The van der Waals surface area contributed by atoms with Crippen molar-refractivity contribution in [1.29, 1.82) is 0 Å². The normalized spacial score (nSPS) is 11.3. The van der Waals surface area contributed by atoms with Crippen molar-refractivity contribution in [2.75, 3.05) is 10.6 Å². The maximum absolute atomic E-state index is 13.2. The van der Waals surface area contributed by atoms with E-state index >= 15 is 0 Å². The molecule has 3 aromatic rings. The molecule has 1 aromatic carbocycles. The second-order valence-corrected chi connectivity index (χ2v) is 6.98. The van der Waals surface area contributed by atoms with Gasteiger partial charge in [-0.05, 0) is 36.7 Å². The summed E-state index contributed by atoms with van der Waals surface area (Å²) in [5, 5.41) is 5.05. The van der Waals surface area contributed by atoms with Crippen molar-refractivity contribution in [2.24, 2.45) is 0 Å². The third-order valence-corrected chi connectivity index (χ3v) is 4.24. The molecule has 10 nitrogen and oxygen atoms in total. The number of rotatable bonds is 5. The van der Waals surface area contributed by atoms with Gasteiger partial charge in [0.25, 0.3) is 10.1 Å². The first kappa shape index (κ1) is 19.7. The third-order valence-electron chi connectivity index (χ3n) is 3.16. The summed E-state index contributed by atoms with van der Waals surface area (Å²) >= 11 is 5.75. The molecule has 2 aromatic heterocycles. The summed E-state index contributed by atoms with van der Waals surface area (Å²) in [6.07, 6.45) is -1.29. The average Bonchev–Trinajstić information content (AvgIpc) is 2.51. The zero-order chi connectivity index (χ0) is 20.5. The van der Waals surface area contributed by atoms with Crippen LogP contribution < -0.4 is 10.6 Å². The minimum absolute atomic E-state index is 0.0846. The molecule has 3 rings (SSSR count). The van der Waals surface area contributed by atoms with Crippen LogP contribution in [0.3, 0.4) is 0 Å². The molecule has 0 radical (unpaired) electrons. The Bertz CT molecular complexity index is 1120. The predicted molar refractivity (Wildman–Crippen MR) is 94.3 cm³/mol. The lowest BCUT2D eigenvalue weighted by Gasteiger charge is -2.12. The SMILES string of the molecule is Cc1nc(Cl)nc(Nc2cc(Nc3cc(F)nc(F)n3)ccc2S(=O)(=O)O)n1.